The molecule has 0 atom stereocenters. The third kappa shape index (κ3) is 3.38. The molecule has 0 bridgehead atoms. The highest BCUT2D eigenvalue weighted by molar-refractivity contribution is 5.92. The fourth-order valence-electron chi connectivity index (χ4n) is 1.72. The fraction of sp³-hybridized carbons (Fsp3) is 0.143. The van der Waals surface area contributed by atoms with Gasteiger partial charge >= 0.3 is 6.03 Å². The number of hydrogen-bond acceptors (Lipinski definition) is 3. The molecule has 2 rings (SSSR count). The van der Waals surface area contributed by atoms with E-state index in [9.17, 15) is 9.59 Å². The van der Waals surface area contributed by atoms with Crippen molar-refractivity contribution in [1.82, 2.24) is 5.32 Å². The Hall–Kier alpha value is -2.76. The monoisotopic (exact) mass is 273 g/mol. The van der Waals surface area contributed by atoms with Gasteiger partial charge in [-0.25, -0.2) is 4.79 Å². The van der Waals surface area contributed by atoms with E-state index in [1.807, 2.05) is 6.92 Å². The van der Waals surface area contributed by atoms with Crippen LogP contribution in [0.4, 0.5) is 10.5 Å². The van der Waals surface area contributed by atoms with Crippen molar-refractivity contribution >= 4 is 17.6 Å². The molecule has 0 radical (unpaired) electrons. The average Bonchev–Trinajstić information content (AvgIpc) is 2.83. The van der Waals surface area contributed by atoms with Crippen molar-refractivity contribution < 1.29 is 14.0 Å². The molecule has 0 aliphatic rings. The summed E-state index contributed by atoms with van der Waals surface area (Å²) in [5, 5.41) is 5.22. The Kier molecular flexibility index (Phi) is 4.05. The zero-order chi connectivity index (χ0) is 14.5. The number of aryl methyl sites for hydroxylation is 1. The Bertz CT molecular complexity index is 617. The van der Waals surface area contributed by atoms with E-state index in [0.29, 0.717) is 18.0 Å². The van der Waals surface area contributed by atoms with Gasteiger partial charge in [0.05, 0.1) is 6.26 Å². The molecule has 1 heterocycles. The maximum atomic E-state index is 11.8. The molecule has 0 fully saturated rings. The fourth-order valence-corrected chi connectivity index (χ4v) is 1.72. The van der Waals surface area contributed by atoms with Crippen LogP contribution in [0.3, 0.4) is 0 Å². The van der Waals surface area contributed by atoms with Crippen LogP contribution in [0.2, 0.25) is 0 Å². The molecular formula is C14H15N3O3. The van der Waals surface area contributed by atoms with Crippen molar-refractivity contribution in [3.63, 3.8) is 0 Å². The van der Waals surface area contributed by atoms with Crippen LogP contribution in [0.1, 0.15) is 21.7 Å². The number of primary amides is 1. The minimum absolute atomic E-state index is 0.258. The van der Waals surface area contributed by atoms with E-state index in [4.69, 9.17) is 10.2 Å². The van der Waals surface area contributed by atoms with Crippen LogP contribution in [-0.4, -0.2) is 11.9 Å². The predicted octanol–water partition coefficient (Wildman–Crippen LogP) is 2.01. The maximum absolute atomic E-state index is 11.8. The van der Waals surface area contributed by atoms with Crippen LogP contribution in [0.5, 0.6) is 0 Å². The Morgan fingerprint density at radius 2 is 1.90 bits per heavy atom. The number of nitrogens with one attached hydrogen (secondary N) is 2. The second-order valence-corrected chi connectivity index (χ2v) is 4.30. The first kappa shape index (κ1) is 13.7. The summed E-state index contributed by atoms with van der Waals surface area (Å²) in [5.74, 6) is 0.0591. The lowest BCUT2D eigenvalue weighted by Crippen LogP contribution is -2.23. The standard InChI is InChI=1S/C14H15N3O3/c1-9-6-7-20-12(9)13(18)16-8-10-2-4-11(5-3-10)17-14(15)19/h2-7H,8H2,1H3,(H,16,18)(H3,15,17,19). The number of anilines is 1. The van der Waals surface area contributed by atoms with Gasteiger partial charge in [0.1, 0.15) is 0 Å². The number of amides is 3. The predicted molar refractivity (Wildman–Crippen MR) is 74.3 cm³/mol. The molecule has 4 N–H and O–H groups in total. The van der Waals surface area contributed by atoms with Crippen LogP contribution in [-0.2, 0) is 6.54 Å². The zero-order valence-corrected chi connectivity index (χ0v) is 11.0. The molecule has 20 heavy (non-hydrogen) atoms. The van der Waals surface area contributed by atoms with E-state index < -0.39 is 6.03 Å². The number of hydrogen-bond donors (Lipinski definition) is 3. The third-order valence-corrected chi connectivity index (χ3v) is 2.74. The van der Waals surface area contributed by atoms with Gasteiger partial charge in [-0.2, -0.15) is 0 Å². The Morgan fingerprint density at radius 1 is 1.20 bits per heavy atom. The van der Waals surface area contributed by atoms with Gasteiger partial charge in [-0.05, 0) is 30.7 Å². The SMILES string of the molecule is Cc1ccoc1C(=O)NCc1ccc(NC(N)=O)cc1. The van der Waals surface area contributed by atoms with Crippen molar-refractivity contribution in [2.75, 3.05) is 5.32 Å². The van der Waals surface area contributed by atoms with Crippen LogP contribution < -0.4 is 16.4 Å². The Labute approximate surface area is 116 Å². The van der Waals surface area contributed by atoms with Crippen molar-refractivity contribution in [3.8, 4) is 0 Å². The minimum Gasteiger partial charge on any atom is -0.459 e. The quantitative estimate of drug-likeness (QED) is 0.794. The highest BCUT2D eigenvalue weighted by Crippen LogP contribution is 2.11. The van der Waals surface area contributed by atoms with Crippen LogP contribution in [0, 0.1) is 6.92 Å². The number of rotatable bonds is 4. The highest BCUT2D eigenvalue weighted by atomic mass is 16.3. The molecule has 6 heteroatoms. The van der Waals surface area contributed by atoms with Crippen molar-refractivity contribution in [1.29, 1.82) is 0 Å². The first-order valence-corrected chi connectivity index (χ1v) is 6.04. The molecule has 0 aliphatic carbocycles. The number of benzene rings is 1. The number of urea groups is 1. The normalized spacial score (nSPS) is 10.1. The molecule has 3 amide bonds. The van der Waals surface area contributed by atoms with E-state index in [1.54, 1.807) is 30.3 Å². The van der Waals surface area contributed by atoms with E-state index >= 15 is 0 Å². The van der Waals surface area contributed by atoms with Gasteiger partial charge in [0, 0.05) is 17.8 Å². The van der Waals surface area contributed by atoms with Gasteiger partial charge in [0.15, 0.2) is 5.76 Å². The van der Waals surface area contributed by atoms with E-state index in [-0.39, 0.29) is 5.91 Å². The van der Waals surface area contributed by atoms with E-state index in [0.717, 1.165) is 11.1 Å². The lowest BCUT2D eigenvalue weighted by Gasteiger charge is -2.06. The summed E-state index contributed by atoms with van der Waals surface area (Å²) in [6.07, 6.45) is 1.48. The van der Waals surface area contributed by atoms with Crippen molar-refractivity contribution in [2.24, 2.45) is 5.73 Å². The second kappa shape index (κ2) is 5.92. The first-order valence-electron chi connectivity index (χ1n) is 6.04. The first-order chi connectivity index (χ1) is 9.56. The summed E-state index contributed by atoms with van der Waals surface area (Å²) in [4.78, 5) is 22.5. The average molecular weight is 273 g/mol. The van der Waals surface area contributed by atoms with Crippen molar-refractivity contribution in [2.45, 2.75) is 13.5 Å². The van der Waals surface area contributed by atoms with E-state index in [2.05, 4.69) is 10.6 Å². The molecule has 104 valence electrons. The van der Waals surface area contributed by atoms with Gasteiger partial charge in [-0.1, -0.05) is 12.1 Å². The molecule has 0 unspecified atom stereocenters. The summed E-state index contributed by atoms with van der Waals surface area (Å²) in [7, 11) is 0. The molecule has 0 aliphatic heterocycles. The summed E-state index contributed by atoms with van der Waals surface area (Å²) in [6, 6.07) is 8.13. The van der Waals surface area contributed by atoms with Crippen LogP contribution in [0.25, 0.3) is 0 Å². The highest BCUT2D eigenvalue weighted by Gasteiger charge is 2.11. The molecule has 6 nitrogen and oxygen atoms in total. The Balaban J connectivity index is 1.93. The van der Waals surface area contributed by atoms with Gasteiger partial charge in [-0.3, -0.25) is 4.79 Å². The lowest BCUT2D eigenvalue weighted by atomic mass is 10.2. The second-order valence-electron chi connectivity index (χ2n) is 4.30. The lowest BCUT2D eigenvalue weighted by molar-refractivity contribution is 0.0922. The summed E-state index contributed by atoms with van der Waals surface area (Å²) in [5.41, 5.74) is 7.31. The molecule has 1 aromatic heterocycles. The summed E-state index contributed by atoms with van der Waals surface area (Å²) in [6.45, 7) is 2.18. The van der Waals surface area contributed by atoms with Crippen LogP contribution >= 0.6 is 0 Å². The number of nitrogens with two attached hydrogens (primary N) is 1. The largest absolute Gasteiger partial charge is 0.459 e. The molecular weight excluding hydrogens is 258 g/mol. The topological polar surface area (TPSA) is 97.4 Å². The van der Waals surface area contributed by atoms with Crippen molar-refractivity contribution in [3.05, 3.63) is 53.5 Å². The maximum Gasteiger partial charge on any atom is 0.316 e. The smallest absolute Gasteiger partial charge is 0.316 e. The third-order valence-electron chi connectivity index (χ3n) is 2.74. The molecule has 0 saturated carbocycles. The summed E-state index contributed by atoms with van der Waals surface area (Å²) < 4.78 is 5.10. The molecule has 0 spiro atoms. The zero-order valence-electron chi connectivity index (χ0n) is 11.0. The molecule has 0 saturated heterocycles. The Morgan fingerprint density at radius 3 is 2.45 bits per heavy atom. The molecule has 2 aromatic rings. The van der Waals surface area contributed by atoms with Gasteiger partial charge in [0.2, 0.25) is 0 Å². The van der Waals surface area contributed by atoms with Gasteiger partial charge in [-0.15, -0.1) is 0 Å². The van der Waals surface area contributed by atoms with E-state index in [1.165, 1.54) is 6.26 Å². The number of carbonyl (C=O) groups excluding carboxylic acids is 2. The number of carbonyl (C=O) groups is 2. The minimum atomic E-state index is -0.612. The van der Waals surface area contributed by atoms with Crippen LogP contribution in [0.15, 0.2) is 41.0 Å². The summed E-state index contributed by atoms with van der Waals surface area (Å²) >= 11 is 0. The molecule has 1 aromatic carbocycles. The van der Waals surface area contributed by atoms with Gasteiger partial charge < -0.3 is 20.8 Å². The number of furan rings is 1. The van der Waals surface area contributed by atoms with Gasteiger partial charge in [0.25, 0.3) is 5.91 Å².